The first kappa shape index (κ1) is 18.1. The van der Waals surface area contributed by atoms with Crippen LogP contribution in [0.4, 0.5) is 4.79 Å². The Labute approximate surface area is 161 Å². The summed E-state index contributed by atoms with van der Waals surface area (Å²) in [5.74, 6) is 0.424. The van der Waals surface area contributed by atoms with Crippen LogP contribution in [0.15, 0.2) is 18.2 Å². The molecule has 1 amide bonds. The van der Waals surface area contributed by atoms with Crippen LogP contribution in [0.25, 0.3) is 17.1 Å². The van der Waals surface area contributed by atoms with Crippen LogP contribution in [0.3, 0.4) is 0 Å². The number of nitrogens with zero attached hydrogens (tertiary/aromatic N) is 4. The van der Waals surface area contributed by atoms with Gasteiger partial charge in [0.05, 0.1) is 24.9 Å². The van der Waals surface area contributed by atoms with E-state index < -0.39 is 17.2 Å². The smallest absolute Gasteiger partial charge is 0.405 e. The van der Waals surface area contributed by atoms with E-state index in [1.807, 2.05) is 12.2 Å². The zero-order valence-electron chi connectivity index (χ0n) is 15.3. The lowest BCUT2D eigenvalue weighted by molar-refractivity contribution is -0.131. The summed E-state index contributed by atoms with van der Waals surface area (Å²) in [5, 5.41) is 29.1. The number of nitrogens with one attached hydrogen (secondary N) is 1. The van der Waals surface area contributed by atoms with Crippen molar-refractivity contribution in [1.29, 1.82) is 5.26 Å². The van der Waals surface area contributed by atoms with Gasteiger partial charge in [-0.3, -0.25) is 0 Å². The Morgan fingerprint density at radius 2 is 2.14 bits per heavy atom. The molecule has 0 spiro atoms. The van der Waals surface area contributed by atoms with E-state index in [4.69, 9.17) is 14.6 Å². The van der Waals surface area contributed by atoms with Crippen molar-refractivity contribution in [2.45, 2.75) is 36.8 Å². The van der Waals surface area contributed by atoms with Gasteiger partial charge in [-0.25, -0.2) is 9.78 Å². The van der Waals surface area contributed by atoms with Crippen LogP contribution < -0.4 is 10.1 Å². The summed E-state index contributed by atoms with van der Waals surface area (Å²) in [6.07, 6.45) is 5.52. The van der Waals surface area contributed by atoms with Crippen LogP contribution in [-0.2, 0) is 4.74 Å². The zero-order valence-corrected chi connectivity index (χ0v) is 15.3. The predicted molar refractivity (Wildman–Crippen MR) is 98.7 cm³/mol. The van der Waals surface area contributed by atoms with E-state index >= 15 is 0 Å². The van der Waals surface area contributed by atoms with Gasteiger partial charge in [0.25, 0.3) is 0 Å². The fraction of sp³-hybridized carbons (Fsp3) is 0.421. The Bertz CT molecular complexity index is 989. The molecule has 0 unspecified atom stereocenters. The molecule has 4 heterocycles. The van der Waals surface area contributed by atoms with E-state index in [0.717, 1.165) is 0 Å². The van der Waals surface area contributed by atoms with Crippen LogP contribution >= 0.6 is 0 Å². The maximum Gasteiger partial charge on any atom is 0.405 e. The average Bonchev–Trinajstić information content (AvgIpc) is 2.72. The van der Waals surface area contributed by atoms with E-state index in [-0.39, 0.29) is 5.69 Å². The summed E-state index contributed by atoms with van der Waals surface area (Å²) in [6.45, 7) is 0.330. The number of methoxy groups -OCH3 is 1. The molecule has 0 aromatic carbocycles. The van der Waals surface area contributed by atoms with Gasteiger partial charge in [0.2, 0.25) is 5.88 Å². The number of amides is 1. The zero-order chi connectivity index (χ0) is 19.8. The lowest BCUT2D eigenvalue weighted by Crippen LogP contribution is -2.62. The molecule has 1 saturated carbocycles. The number of carboxylic acid groups (broad SMARTS) is 1. The van der Waals surface area contributed by atoms with Crippen molar-refractivity contribution < 1.29 is 19.4 Å². The van der Waals surface area contributed by atoms with Crippen LogP contribution in [0.1, 0.15) is 36.9 Å². The second kappa shape index (κ2) is 6.73. The topological polar surface area (TPSA) is 130 Å². The molecule has 2 saturated heterocycles. The monoisotopic (exact) mass is 381 g/mol. The molecule has 2 bridgehead atoms. The van der Waals surface area contributed by atoms with Crippen LogP contribution in [0.5, 0.6) is 5.88 Å². The molecule has 2 aromatic heterocycles. The van der Waals surface area contributed by atoms with Gasteiger partial charge in [-0.1, -0.05) is 12.2 Å². The fourth-order valence-electron chi connectivity index (χ4n) is 3.90. The van der Waals surface area contributed by atoms with Crippen molar-refractivity contribution in [2.75, 3.05) is 13.7 Å². The minimum atomic E-state index is -1.03. The Balaban J connectivity index is 1.66. The first-order chi connectivity index (χ1) is 13.5. The number of aromatic nitrogens is 3. The molecule has 0 atom stereocenters. The molecule has 2 N–H and O–H groups in total. The molecule has 3 aliphatic rings. The van der Waals surface area contributed by atoms with Crippen molar-refractivity contribution in [2.24, 2.45) is 0 Å². The lowest BCUT2D eigenvalue weighted by atomic mass is 9.71. The summed E-state index contributed by atoms with van der Waals surface area (Å²) in [4.78, 5) is 15.5. The van der Waals surface area contributed by atoms with Crippen LogP contribution in [-0.4, -0.2) is 51.2 Å². The number of hydrogen-bond acceptors (Lipinski definition) is 7. The predicted octanol–water partition coefficient (Wildman–Crippen LogP) is 2.27. The maximum atomic E-state index is 11.0. The number of fused-ring (bicyclic) bond motifs is 4. The van der Waals surface area contributed by atoms with Crippen molar-refractivity contribution in [3.05, 3.63) is 29.5 Å². The Kier molecular flexibility index (Phi) is 4.35. The van der Waals surface area contributed by atoms with E-state index in [2.05, 4.69) is 26.6 Å². The van der Waals surface area contributed by atoms with Gasteiger partial charge < -0.3 is 19.9 Å². The second-order valence-corrected chi connectivity index (χ2v) is 7.19. The molecule has 1 aliphatic carbocycles. The third-order valence-electron chi connectivity index (χ3n) is 5.55. The molecular formula is C19H19N5O4. The van der Waals surface area contributed by atoms with E-state index in [1.54, 1.807) is 12.1 Å². The molecule has 5 rings (SSSR count). The number of carbonyl (C=O) groups is 1. The largest absolute Gasteiger partial charge is 0.481 e. The molecule has 144 valence electrons. The number of pyridine rings is 1. The number of nitriles is 1. The molecular weight excluding hydrogens is 362 g/mol. The van der Waals surface area contributed by atoms with Gasteiger partial charge in [0.1, 0.15) is 17.1 Å². The van der Waals surface area contributed by atoms with Gasteiger partial charge in [-0.15, -0.1) is 10.2 Å². The highest BCUT2D eigenvalue weighted by atomic mass is 16.5. The van der Waals surface area contributed by atoms with E-state index in [0.29, 0.717) is 54.8 Å². The lowest BCUT2D eigenvalue weighted by Gasteiger charge is -2.51. The standard InChI is InChI=1S/C19H19N5O4/c1-27-15-3-2-13-16(21-15)12(14(10-20)24-23-13)4-5-19-8-6-18(7-9-19,11-28-19)22-17(25)26/h2-5,22H,6-9,11H2,1H3,(H,25,26). The molecule has 9 heteroatoms. The first-order valence-electron chi connectivity index (χ1n) is 8.94. The summed E-state index contributed by atoms with van der Waals surface area (Å²) in [5.41, 5.74) is 0.856. The van der Waals surface area contributed by atoms with Crippen molar-refractivity contribution >= 4 is 23.2 Å². The Hall–Kier alpha value is -3.25. The van der Waals surface area contributed by atoms with Crippen molar-refractivity contribution in [1.82, 2.24) is 20.5 Å². The quantitative estimate of drug-likeness (QED) is 0.825. The maximum absolute atomic E-state index is 11.0. The summed E-state index contributed by atoms with van der Waals surface area (Å²) < 4.78 is 11.2. The highest BCUT2D eigenvalue weighted by Crippen LogP contribution is 2.44. The number of rotatable bonds is 4. The third kappa shape index (κ3) is 3.12. The molecule has 28 heavy (non-hydrogen) atoms. The summed E-state index contributed by atoms with van der Waals surface area (Å²) in [7, 11) is 1.53. The fourth-order valence-corrected chi connectivity index (χ4v) is 3.90. The van der Waals surface area contributed by atoms with Gasteiger partial charge in [0.15, 0.2) is 5.69 Å². The molecule has 3 fully saturated rings. The number of hydrogen-bond donors (Lipinski definition) is 2. The minimum absolute atomic E-state index is 0.175. The van der Waals surface area contributed by atoms with Crippen LogP contribution in [0.2, 0.25) is 0 Å². The summed E-state index contributed by atoms with van der Waals surface area (Å²) in [6, 6.07) is 5.49. The average molecular weight is 381 g/mol. The van der Waals surface area contributed by atoms with Gasteiger partial charge in [0, 0.05) is 11.6 Å². The highest BCUT2D eigenvalue weighted by Gasteiger charge is 2.49. The van der Waals surface area contributed by atoms with Crippen molar-refractivity contribution in [3.8, 4) is 11.9 Å². The van der Waals surface area contributed by atoms with E-state index in [9.17, 15) is 10.1 Å². The normalized spacial score (nSPS) is 26.3. The van der Waals surface area contributed by atoms with Gasteiger partial charge in [-0.05, 0) is 31.7 Å². The molecule has 2 aromatic rings. The summed E-state index contributed by atoms with van der Waals surface area (Å²) >= 11 is 0. The number of ether oxygens (including phenoxy) is 2. The van der Waals surface area contributed by atoms with Gasteiger partial charge >= 0.3 is 6.09 Å². The van der Waals surface area contributed by atoms with E-state index in [1.165, 1.54) is 7.11 Å². The van der Waals surface area contributed by atoms with Crippen molar-refractivity contribution in [3.63, 3.8) is 0 Å². The molecule has 9 nitrogen and oxygen atoms in total. The second-order valence-electron chi connectivity index (χ2n) is 7.19. The SMILES string of the molecule is COc1ccc2nnc(C#N)c(C=CC34CCC(NC(=O)O)(CC3)CO4)c2n1. The van der Waals surface area contributed by atoms with Gasteiger partial charge in [-0.2, -0.15) is 5.26 Å². The minimum Gasteiger partial charge on any atom is -0.481 e. The Morgan fingerprint density at radius 1 is 1.36 bits per heavy atom. The van der Waals surface area contributed by atoms with Crippen LogP contribution in [0, 0.1) is 11.3 Å². The first-order valence-corrected chi connectivity index (χ1v) is 8.94. The Morgan fingerprint density at radius 3 is 2.75 bits per heavy atom. The third-order valence-corrected chi connectivity index (χ3v) is 5.55. The highest BCUT2D eigenvalue weighted by molar-refractivity contribution is 5.86. The molecule has 0 radical (unpaired) electrons. The molecule has 2 aliphatic heterocycles.